The van der Waals surface area contributed by atoms with E-state index in [-0.39, 0.29) is 11.8 Å². The minimum absolute atomic E-state index is 0.0636. The standard InChI is InChI=1S/C16H23N5O/c1-4-12-9-17-14-13(12)15(19-10-18-14)20-5-7-21(8-6-20)16(22)11(2)3/h9-11H,4-8H2,1-3H3,(H,17,18,19). The monoisotopic (exact) mass is 301 g/mol. The molecule has 2 aromatic heterocycles. The quantitative estimate of drug-likeness (QED) is 0.939. The minimum Gasteiger partial charge on any atom is -0.352 e. The van der Waals surface area contributed by atoms with Gasteiger partial charge < -0.3 is 14.8 Å². The number of aromatic amines is 1. The molecule has 1 saturated heterocycles. The molecule has 2 aromatic rings. The Balaban J connectivity index is 1.82. The number of amides is 1. The Bertz CT molecular complexity index is 670. The maximum atomic E-state index is 12.1. The van der Waals surface area contributed by atoms with E-state index in [1.54, 1.807) is 6.33 Å². The van der Waals surface area contributed by atoms with Crippen molar-refractivity contribution in [2.24, 2.45) is 5.92 Å². The third kappa shape index (κ3) is 2.53. The number of nitrogens with one attached hydrogen (secondary N) is 1. The van der Waals surface area contributed by atoms with Crippen LogP contribution in [-0.2, 0) is 11.2 Å². The van der Waals surface area contributed by atoms with Gasteiger partial charge in [0.2, 0.25) is 5.91 Å². The lowest BCUT2D eigenvalue weighted by molar-refractivity contribution is -0.134. The molecule has 1 aliphatic heterocycles. The molecule has 0 radical (unpaired) electrons. The van der Waals surface area contributed by atoms with Crippen molar-refractivity contribution in [3.63, 3.8) is 0 Å². The number of rotatable bonds is 3. The fourth-order valence-electron chi connectivity index (χ4n) is 3.03. The zero-order valence-electron chi connectivity index (χ0n) is 13.5. The van der Waals surface area contributed by atoms with Crippen LogP contribution in [0.15, 0.2) is 12.5 Å². The summed E-state index contributed by atoms with van der Waals surface area (Å²) in [6, 6.07) is 0. The summed E-state index contributed by atoms with van der Waals surface area (Å²) in [5, 5.41) is 1.12. The van der Waals surface area contributed by atoms with E-state index >= 15 is 0 Å². The van der Waals surface area contributed by atoms with Gasteiger partial charge in [-0.25, -0.2) is 9.97 Å². The lowest BCUT2D eigenvalue weighted by atomic mass is 10.1. The number of aryl methyl sites for hydroxylation is 1. The van der Waals surface area contributed by atoms with Crippen molar-refractivity contribution in [1.29, 1.82) is 0 Å². The molecule has 3 rings (SSSR count). The Morgan fingerprint density at radius 3 is 2.64 bits per heavy atom. The number of hydrogen-bond acceptors (Lipinski definition) is 4. The number of nitrogens with zero attached hydrogens (tertiary/aromatic N) is 4. The van der Waals surface area contributed by atoms with E-state index in [0.29, 0.717) is 0 Å². The van der Waals surface area contributed by atoms with Crippen LogP contribution in [0.25, 0.3) is 11.0 Å². The van der Waals surface area contributed by atoms with Crippen molar-refractivity contribution in [1.82, 2.24) is 19.9 Å². The highest BCUT2D eigenvalue weighted by Crippen LogP contribution is 2.27. The first-order valence-electron chi connectivity index (χ1n) is 7.96. The van der Waals surface area contributed by atoms with Crippen LogP contribution >= 0.6 is 0 Å². The van der Waals surface area contributed by atoms with Crippen molar-refractivity contribution in [3.05, 3.63) is 18.1 Å². The van der Waals surface area contributed by atoms with Gasteiger partial charge in [0.25, 0.3) is 0 Å². The van der Waals surface area contributed by atoms with Gasteiger partial charge in [-0.05, 0) is 12.0 Å². The fraction of sp³-hybridized carbons (Fsp3) is 0.562. The van der Waals surface area contributed by atoms with E-state index in [0.717, 1.165) is 49.5 Å². The largest absolute Gasteiger partial charge is 0.352 e. The summed E-state index contributed by atoms with van der Waals surface area (Å²) in [7, 11) is 0. The van der Waals surface area contributed by atoms with Gasteiger partial charge in [-0.2, -0.15) is 0 Å². The van der Waals surface area contributed by atoms with Gasteiger partial charge in [-0.15, -0.1) is 0 Å². The number of hydrogen-bond donors (Lipinski definition) is 1. The average Bonchev–Trinajstić information content (AvgIpc) is 2.97. The number of H-pyrrole nitrogens is 1. The third-order valence-electron chi connectivity index (χ3n) is 4.30. The molecule has 0 unspecified atom stereocenters. The lowest BCUT2D eigenvalue weighted by Crippen LogP contribution is -2.50. The lowest BCUT2D eigenvalue weighted by Gasteiger charge is -2.36. The second kappa shape index (κ2) is 5.94. The van der Waals surface area contributed by atoms with Crippen molar-refractivity contribution in [2.75, 3.05) is 31.1 Å². The molecular formula is C16H23N5O. The first-order chi connectivity index (χ1) is 10.6. The minimum atomic E-state index is 0.0636. The number of anilines is 1. The highest BCUT2D eigenvalue weighted by atomic mass is 16.2. The molecule has 3 heterocycles. The molecule has 0 atom stereocenters. The van der Waals surface area contributed by atoms with Crippen LogP contribution in [0, 0.1) is 5.92 Å². The maximum absolute atomic E-state index is 12.1. The Morgan fingerprint density at radius 1 is 1.27 bits per heavy atom. The smallest absolute Gasteiger partial charge is 0.225 e. The Hall–Kier alpha value is -2.11. The zero-order chi connectivity index (χ0) is 15.7. The average molecular weight is 301 g/mol. The third-order valence-corrected chi connectivity index (χ3v) is 4.30. The molecule has 0 saturated carbocycles. The van der Waals surface area contributed by atoms with Gasteiger partial charge in [0.15, 0.2) is 0 Å². The molecule has 22 heavy (non-hydrogen) atoms. The van der Waals surface area contributed by atoms with Crippen LogP contribution in [0.1, 0.15) is 26.3 Å². The molecule has 1 amide bonds. The van der Waals surface area contributed by atoms with Crippen LogP contribution in [0.5, 0.6) is 0 Å². The van der Waals surface area contributed by atoms with Gasteiger partial charge >= 0.3 is 0 Å². The second-order valence-corrected chi connectivity index (χ2v) is 6.06. The summed E-state index contributed by atoms with van der Waals surface area (Å²) < 4.78 is 0. The summed E-state index contributed by atoms with van der Waals surface area (Å²) in [4.78, 5) is 28.3. The van der Waals surface area contributed by atoms with E-state index in [1.165, 1.54) is 5.56 Å². The number of aromatic nitrogens is 3. The van der Waals surface area contributed by atoms with E-state index in [2.05, 4.69) is 26.8 Å². The molecule has 6 heteroatoms. The summed E-state index contributed by atoms with van der Waals surface area (Å²) in [5.41, 5.74) is 2.13. The molecule has 1 fully saturated rings. The molecule has 0 bridgehead atoms. The van der Waals surface area contributed by atoms with Crippen molar-refractivity contribution in [2.45, 2.75) is 27.2 Å². The van der Waals surface area contributed by atoms with Crippen LogP contribution in [0.3, 0.4) is 0 Å². The highest BCUT2D eigenvalue weighted by molar-refractivity contribution is 5.91. The van der Waals surface area contributed by atoms with Crippen molar-refractivity contribution in [3.8, 4) is 0 Å². The second-order valence-electron chi connectivity index (χ2n) is 6.06. The van der Waals surface area contributed by atoms with Crippen LogP contribution in [0.2, 0.25) is 0 Å². The number of carbonyl (C=O) groups excluding carboxylic acids is 1. The fourth-order valence-corrected chi connectivity index (χ4v) is 3.03. The molecule has 0 spiro atoms. The Morgan fingerprint density at radius 2 is 2.00 bits per heavy atom. The van der Waals surface area contributed by atoms with Crippen LogP contribution < -0.4 is 4.90 Å². The van der Waals surface area contributed by atoms with Gasteiger partial charge in [0.1, 0.15) is 17.8 Å². The summed E-state index contributed by atoms with van der Waals surface area (Å²) in [5.74, 6) is 1.29. The molecule has 1 N–H and O–H groups in total. The normalized spacial score (nSPS) is 15.8. The molecule has 118 valence electrons. The first-order valence-corrected chi connectivity index (χ1v) is 7.96. The zero-order valence-corrected chi connectivity index (χ0v) is 13.5. The summed E-state index contributed by atoms with van der Waals surface area (Å²) in [6.45, 7) is 9.20. The van der Waals surface area contributed by atoms with E-state index < -0.39 is 0 Å². The molecular weight excluding hydrogens is 278 g/mol. The SMILES string of the molecule is CCc1c[nH]c2ncnc(N3CCN(C(=O)C(C)C)CC3)c12. The van der Waals surface area contributed by atoms with Gasteiger partial charge in [-0.1, -0.05) is 20.8 Å². The predicted molar refractivity (Wildman–Crippen MR) is 86.9 cm³/mol. The van der Waals surface area contributed by atoms with Crippen molar-refractivity contribution >= 4 is 22.8 Å². The van der Waals surface area contributed by atoms with E-state index in [4.69, 9.17) is 0 Å². The molecule has 0 aliphatic carbocycles. The molecule has 0 aromatic carbocycles. The Labute approximate surface area is 130 Å². The summed E-state index contributed by atoms with van der Waals surface area (Å²) in [6.07, 6.45) is 4.58. The van der Waals surface area contributed by atoms with Gasteiger partial charge in [0.05, 0.1) is 5.39 Å². The highest BCUT2D eigenvalue weighted by Gasteiger charge is 2.25. The van der Waals surface area contributed by atoms with E-state index in [1.807, 2.05) is 24.9 Å². The number of carbonyl (C=O) groups is 1. The van der Waals surface area contributed by atoms with E-state index in [9.17, 15) is 4.79 Å². The molecule has 6 nitrogen and oxygen atoms in total. The van der Waals surface area contributed by atoms with Crippen LogP contribution in [0.4, 0.5) is 5.82 Å². The number of piperazine rings is 1. The first kappa shape index (κ1) is 14.8. The number of fused-ring (bicyclic) bond motifs is 1. The van der Waals surface area contributed by atoms with Gasteiger partial charge in [-0.3, -0.25) is 4.79 Å². The van der Waals surface area contributed by atoms with Gasteiger partial charge in [0, 0.05) is 38.3 Å². The van der Waals surface area contributed by atoms with Crippen LogP contribution in [-0.4, -0.2) is 51.9 Å². The van der Waals surface area contributed by atoms with Crippen molar-refractivity contribution < 1.29 is 4.79 Å². The molecule has 1 aliphatic rings. The predicted octanol–water partition coefficient (Wildman–Crippen LogP) is 1.82. The summed E-state index contributed by atoms with van der Waals surface area (Å²) >= 11 is 0. The Kier molecular flexibility index (Phi) is 4.00. The maximum Gasteiger partial charge on any atom is 0.225 e. The topological polar surface area (TPSA) is 65.1 Å².